The zero-order chi connectivity index (χ0) is 10.1. The Balaban J connectivity index is 2.78. The third kappa shape index (κ3) is 1.12. The number of carbonyl (C=O) groups is 1. The second kappa shape index (κ2) is 3.06. The zero-order valence-electron chi connectivity index (χ0n) is 7.57. The number of aromatic carboxylic acids is 1. The van der Waals surface area contributed by atoms with Gasteiger partial charge in [0.25, 0.3) is 0 Å². The van der Waals surface area contributed by atoms with Gasteiger partial charge in [-0.3, -0.25) is 0 Å². The highest BCUT2D eigenvalue weighted by molar-refractivity contribution is 5.99. The average molecular weight is 191 g/mol. The summed E-state index contributed by atoms with van der Waals surface area (Å²) in [6.07, 6.45) is 1.75. The van der Waals surface area contributed by atoms with Crippen molar-refractivity contribution in [2.45, 2.75) is 0 Å². The lowest BCUT2D eigenvalue weighted by Crippen LogP contribution is -2.00. The fourth-order valence-corrected chi connectivity index (χ4v) is 1.49. The molecule has 0 aliphatic heterocycles. The number of aromatic amines is 1. The van der Waals surface area contributed by atoms with Crippen LogP contribution in [0.15, 0.2) is 24.4 Å². The standard InChI is InChI=1S/C10H9NO3/c1-14-9-6-4-5-11-8(6)3-2-7(9)10(12)13/h2-5,11H,1H3,(H,12,13). The number of hydrogen-bond donors (Lipinski definition) is 2. The summed E-state index contributed by atoms with van der Waals surface area (Å²) in [6.45, 7) is 0. The molecule has 14 heavy (non-hydrogen) atoms. The van der Waals surface area contributed by atoms with Gasteiger partial charge >= 0.3 is 5.97 Å². The molecule has 0 saturated heterocycles. The van der Waals surface area contributed by atoms with Crippen LogP contribution in [0, 0.1) is 0 Å². The Labute approximate surface area is 80.1 Å². The van der Waals surface area contributed by atoms with E-state index in [1.165, 1.54) is 13.2 Å². The van der Waals surface area contributed by atoms with E-state index in [9.17, 15) is 4.79 Å². The molecule has 1 aromatic heterocycles. The average Bonchev–Trinajstić information content (AvgIpc) is 2.63. The molecule has 0 spiro atoms. The lowest BCUT2D eigenvalue weighted by molar-refractivity contribution is 0.0693. The smallest absolute Gasteiger partial charge is 0.339 e. The number of H-pyrrole nitrogens is 1. The van der Waals surface area contributed by atoms with Gasteiger partial charge in [0.15, 0.2) is 0 Å². The van der Waals surface area contributed by atoms with Crippen molar-refractivity contribution < 1.29 is 14.6 Å². The molecule has 0 aliphatic carbocycles. The number of benzene rings is 1. The first-order valence-electron chi connectivity index (χ1n) is 4.11. The minimum atomic E-state index is -0.982. The summed E-state index contributed by atoms with van der Waals surface area (Å²) in [7, 11) is 1.47. The van der Waals surface area contributed by atoms with E-state index in [2.05, 4.69) is 4.98 Å². The Morgan fingerprint density at radius 2 is 2.21 bits per heavy atom. The topological polar surface area (TPSA) is 62.3 Å². The highest BCUT2D eigenvalue weighted by Gasteiger charge is 2.13. The summed E-state index contributed by atoms with van der Waals surface area (Å²) < 4.78 is 5.08. The number of nitrogens with one attached hydrogen (secondary N) is 1. The van der Waals surface area contributed by atoms with Crippen LogP contribution < -0.4 is 4.74 Å². The number of fused-ring (bicyclic) bond motifs is 1. The first kappa shape index (κ1) is 8.62. The normalized spacial score (nSPS) is 10.4. The van der Waals surface area contributed by atoms with Gasteiger partial charge in [-0.05, 0) is 18.2 Å². The van der Waals surface area contributed by atoms with Gasteiger partial charge in [-0.1, -0.05) is 0 Å². The number of carboxylic acids is 1. The van der Waals surface area contributed by atoms with Crippen LogP contribution in [0.25, 0.3) is 10.9 Å². The fraction of sp³-hybridized carbons (Fsp3) is 0.100. The first-order chi connectivity index (χ1) is 6.74. The highest BCUT2D eigenvalue weighted by Crippen LogP contribution is 2.28. The van der Waals surface area contributed by atoms with Crippen molar-refractivity contribution in [1.82, 2.24) is 4.98 Å². The maximum absolute atomic E-state index is 10.9. The molecule has 1 heterocycles. The molecule has 0 bridgehead atoms. The van der Waals surface area contributed by atoms with Crippen LogP contribution in [-0.2, 0) is 0 Å². The molecule has 0 radical (unpaired) electrons. The lowest BCUT2D eigenvalue weighted by Gasteiger charge is -2.05. The number of ether oxygens (including phenoxy) is 1. The Bertz CT molecular complexity index is 487. The van der Waals surface area contributed by atoms with Crippen LogP contribution in [0.1, 0.15) is 10.4 Å². The number of carboxylic acid groups (broad SMARTS) is 1. The molecule has 4 heteroatoms. The maximum atomic E-state index is 10.9. The van der Waals surface area contributed by atoms with Gasteiger partial charge in [-0.15, -0.1) is 0 Å². The van der Waals surface area contributed by atoms with E-state index in [1.807, 2.05) is 0 Å². The van der Waals surface area contributed by atoms with E-state index in [0.717, 1.165) is 10.9 Å². The zero-order valence-corrected chi connectivity index (χ0v) is 7.57. The SMILES string of the molecule is COc1c(C(=O)O)ccc2[nH]ccc12. The lowest BCUT2D eigenvalue weighted by atomic mass is 10.1. The first-order valence-corrected chi connectivity index (χ1v) is 4.11. The van der Waals surface area contributed by atoms with Crippen LogP contribution in [0.4, 0.5) is 0 Å². The second-order valence-electron chi connectivity index (χ2n) is 2.89. The summed E-state index contributed by atoms with van der Waals surface area (Å²) in [4.78, 5) is 13.8. The summed E-state index contributed by atoms with van der Waals surface area (Å²) in [5.74, 6) is -0.582. The molecule has 0 saturated carbocycles. The Kier molecular flexibility index (Phi) is 1.89. The Hall–Kier alpha value is -1.97. The number of methoxy groups -OCH3 is 1. The number of hydrogen-bond acceptors (Lipinski definition) is 2. The van der Waals surface area contributed by atoms with Gasteiger partial charge in [-0.25, -0.2) is 4.79 Å². The van der Waals surface area contributed by atoms with Gasteiger partial charge in [-0.2, -0.15) is 0 Å². The van der Waals surface area contributed by atoms with E-state index in [1.54, 1.807) is 18.3 Å². The van der Waals surface area contributed by atoms with E-state index >= 15 is 0 Å². The Morgan fingerprint density at radius 3 is 2.86 bits per heavy atom. The third-order valence-electron chi connectivity index (χ3n) is 2.12. The number of aromatic nitrogens is 1. The minimum Gasteiger partial charge on any atom is -0.495 e. The van der Waals surface area contributed by atoms with Gasteiger partial charge in [0.2, 0.25) is 0 Å². The van der Waals surface area contributed by atoms with E-state index in [-0.39, 0.29) is 5.56 Å². The highest BCUT2D eigenvalue weighted by atomic mass is 16.5. The molecule has 1 aromatic carbocycles. The molecule has 0 aliphatic rings. The maximum Gasteiger partial charge on any atom is 0.339 e. The van der Waals surface area contributed by atoms with Crippen molar-refractivity contribution in [3.63, 3.8) is 0 Å². The van der Waals surface area contributed by atoms with Crippen LogP contribution in [-0.4, -0.2) is 23.2 Å². The molecule has 0 unspecified atom stereocenters. The van der Waals surface area contributed by atoms with Gasteiger partial charge in [0.05, 0.1) is 7.11 Å². The molecule has 2 N–H and O–H groups in total. The molecule has 2 rings (SSSR count). The van der Waals surface area contributed by atoms with Crippen molar-refractivity contribution >= 4 is 16.9 Å². The van der Waals surface area contributed by atoms with E-state index in [0.29, 0.717) is 5.75 Å². The molecular weight excluding hydrogens is 182 g/mol. The van der Waals surface area contributed by atoms with Gasteiger partial charge in [0, 0.05) is 17.1 Å². The quantitative estimate of drug-likeness (QED) is 0.761. The Morgan fingerprint density at radius 1 is 1.43 bits per heavy atom. The van der Waals surface area contributed by atoms with Crippen LogP contribution in [0.2, 0.25) is 0 Å². The molecule has 72 valence electrons. The summed E-state index contributed by atoms with van der Waals surface area (Å²) in [5.41, 5.74) is 1.05. The summed E-state index contributed by atoms with van der Waals surface area (Å²) in [5, 5.41) is 9.69. The predicted molar refractivity (Wildman–Crippen MR) is 51.8 cm³/mol. The van der Waals surface area contributed by atoms with Crippen molar-refractivity contribution in [2.24, 2.45) is 0 Å². The molecular formula is C10H9NO3. The van der Waals surface area contributed by atoms with Gasteiger partial charge < -0.3 is 14.8 Å². The summed E-state index contributed by atoms with van der Waals surface area (Å²) >= 11 is 0. The monoisotopic (exact) mass is 191 g/mol. The predicted octanol–water partition coefficient (Wildman–Crippen LogP) is 1.87. The second-order valence-corrected chi connectivity index (χ2v) is 2.89. The minimum absolute atomic E-state index is 0.180. The van der Waals surface area contributed by atoms with Gasteiger partial charge in [0.1, 0.15) is 11.3 Å². The van der Waals surface area contributed by atoms with Crippen molar-refractivity contribution in [3.8, 4) is 5.75 Å². The van der Waals surface area contributed by atoms with Crippen LogP contribution in [0.3, 0.4) is 0 Å². The largest absolute Gasteiger partial charge is 0.495 e. The number of rotatable bonds is 2. The van der Waals surface area contributed by atoms with Crippen LogP contribution >= 0.6 is 0 Å². The molecule has 2 aromatic rings. The molecule has 0 amide bonds. The third-order valence-corrected chi connectivity index (χ3v) is 2.12. The molecule has 0 fully saturated rings. The van der Waals surface area contributed by atoms with E-state index in [4.69, 9.17) is 9.84 Å². The molecule has 0 atom stereocenters. The fourth-order valence-electron chi connectivity index (χ4n) is 1.49. The van der Waals surface area contributed by atoms with Crippen LogP contribution in [0.5, 0.6) is 5.75 Å². The molecule has 4 nitrogen and oxygen atoms in total. The van der Waals surface area contributed by atoms with E-state index < -0.39 is 5.97 Å². The summed E-state index contributed by atoms with van der Waals surface area (Å²) in [6, 6.07) is 5.04. The van der Waals surface area contributed by atoms with Crippen molar-refractivity contribution in [2.75, 3.05) is 7.11 Å². The van der Waals surface area contributed by atoms with Crippen molar-refractivity contribution in [1.29, 1.82) is 0 Å². The van der Waals surface area contributed by atoms with Crippen molar-refractivity contribution in [3.05, 3.63) is 30.0 Å².